The van der Waals surface area contributed by atoms with Crippen LogP contribution in [0.15, 0.2) is 48.5 Å². The van der Waals surface area contributed by atoms with Crippen LogP contribution in [-0.2, 0) is 0 Å². The van der Waals surface area contributed by atoms with E-state index in [2.05, 4.69) is 0 Å². The van der Waals surface area contributed by atoms with Gasteiger partial charge in [0.25, 0.3) is 0 Å². The van der Waals surface area contributed by atoms with Gasteiger partial charge in [0.05, 0.1) is 0 Å². The number of ketones is 2. The first-order valence-electron chi connectivity index (χ1n) is 5.81. The van der Waals surface area contributed by atoms with Crippen LogP contribution >= 0.6 is 0 Å². The number of carbonyl (C=O) groups excluding carboxylic acids is 2. The summed E-state index contributed by atoms with van der Waals surface area (Å²) in [6.45, 7) is 3.07. The fraction of sp³-hybridized carbons (Fsp3) is 0.125. The molecule has 0 fully saturated rings. The Labute approximate surface area is 106 Å². The molecule has 2 aromatic rings. The van der Waals surface area contributed by atoms with Crippen LogP contribution in [0.2, 0.25) is 0 Å². The summed E-state index contributed by atoms with van der Waals surface area (Å²) >= 11 is 0. The molecule has 0 radical (unpaired) electrons. The molecule has 90 valence electrons. The fourth-order valence-corrected chi connectivity index (χ4v) is 2.05. The molecular weight excluding hydrogens is 224 g/mol. The van der Waals surface area contributed by atoms with Crippen molar-refractivity contribution in [1.29, 1.82) is 0 Å². The van der Waals surface area contributed by atoms with Crippen LogP contribution in [0.5, 0.6) is 0 Å². The fourth-order valence-electron chi connectivity index (χ4n) is 2.05. The van der Waals surface area contributed by atoms with Gasteiger partial charge in [-0.05, 0) is 25.0 Å². The molecule has 0 aliphatic carbocycles. The highest BCUT2D eigenvalue weighted by Crippen LogP contribution is 2.27. The molecule has 0 aliphatic rings. The van der Waals surface area contributed by atoms with Crippen molar-refractivity contribution in [2.45, 2.75) is 13.8 Å². The van der Waals surface area contributed by atoms with Gasteiger partial charge < -0.3 is 0 Å². The molecule has 2 aromatic carbocycles. The average Bonchev–Trinajstić information content (AvgIpc) is 2.38. The number of carbonyl (C=O) groups is 2. The van der Waals surface area contributed by atoms with Crippen molar-refractivity contribution in [2.75, 3.05) is 0 Å². The molecule has 0 unspecified atom stereocenters. The minimum atomic E-state index is 0.00366. The summed E-state index contributed by atoms with van der Waals surface area (Å²) in [6, 6.07) is 14.7. The Morgan fingerprint density at radius 3 is 1.33 bits per heavy atom. The van der Waals surface area contributed by atoms with Crippen molar-refractivity contribution in [3.63, 3.8) is 0 Å². The van der Waals surface area contributed by atoms with Crippen LogP contribution in [0, 0.1) is 0 Å². The molecule has 0 amide bonds. The smallest absolute Gasteiger partial charge is 0.160 e. The van der Waals surface area contributed by atoms with Crippen LogP contribution < -0.4 is 0 Å². The highest BCUT2D eigenvalue weighted by molar-refractivity contribution is 6.06. The quantitative estimate of drug-likeness (QED) is 0.763. The van der Waals surface area contributed by atoms with E-state index in [4.69, 9.17) is 0 Å². The van der Waals surface area contributed by atoms with Gasteiger partial charge in [0.1, 0.15) is 0 Å². The summed E-state index contributed by atoms with van der Waals surface area (Å²) in [7, 11) is 0. The Morgan fingerprint density at radius 2 is 1.00 bits per heavy atom. The van der Waals surface area contributed by atoms with Gasteiger partial charge in [-0.1, -0.05) is 48.5 Å². The Hall–Kier alpha value is -2.22. The van der Waals surface area contributed by atoms with E-state index in [1.807, 2.05) is 36.4 Å². The van der Waals surface area contributed by atoms with Gasteiger partial charge in [-0.3, -0.25) is 9.59 Å². The van der Waals surface area contributed by atoms with Crippen LogP contribution in [-0.4, -0.2) is 11.6 Å². The van der Waals surface area contributed by atoms with Crippen molar-refractivity contribution < 1.29 is 9.59 Å². The predicted molar refractivity (Wildman–Crippen MR) is 71.9 cm³/mol. The molecule has 18 heavy (non-hydrogen) atoms. The zero-order valence-corrected chi connectivity index (χ0v) is 10.4. The van der Waals surface area contributed by atoms with Crippen LogP contribution in [0.25, 0.3) is 11.1 Å². The molecule has 0 bridgehead atoms. The molecule has 2 nitrogen and oxygen atoms in total. The van der Waals surface area contributed by atoms with Crippen molar-refractivity contribution in [2.24, 2.45) is 0 Å². The minimum Gasteiger partial charge on any atom is -0.294 e. The van der Waals surface area contributed by atoms with E-state index >= 15 is 0 Å². The maximum absolute atomic E-state index is 11.6. The zero-order chi connectivity index (χ0) is 13.1. The summed E-state index contributed by atoms with van der Waals surface area (Å²) in [5.41, 5.74) is 2.92. The molecule has 0 saturated carbocycles. The van der Waals surface area contributed by atoms with Gasteiger partial charge in [0.2, 0.25) is 0 Å². The van der Waals surface area contributed by atoms with Crippen LogP contribution in [0.4, 0.5) is 0 Å². The summed E-state index contributed by atoms with van der Waals surface area (Å²) in [5.74, 6) is 0.00732. The predicted octanol–water partition coefficient (Wildman–Crippen LogP) is 3.76. The van der Waals surface area contributed by atoms with E-state index in [0.717, 1.165) is 11.1 Å². The average molecular weight is 238 g/mol. The number of benzene rings is 2. The third-order valence-corrected chi connectivity index (χ3v) is 2.90. The van der Waals surface area contributed by atoms with Crippen molar-refractivity contribution in [1.82, 2.24) is 0 Å². The Bertz CT molecular complexity index is 556. The molecule has 0 heterocycles. The van der Waals surface area contributed by atoms with E-state index in [1.54, 1.807) is 12.1 Å². The molecule has 0 saturated heterocycles. The third kappa shape index (κ3) is 2.23. The van der Waals surface area contributed by atoms with Gasteiger partial charge in [0.15, 0.2) is 11.6 Å². The SMILES string of the molecule is CC(=O)c1ccccc1-c1ccccc1C(C)=O. The molecular formula is C16H14O2. The molecule has 0 aliphatic heterocycles. The lowest BCUT2D eigenvalue weighted by Crippen LogP contribution is -2.00. The van der Waals surface area contributed by atoms with E-state index < -0.39 is 0 Å². The summed E-state index contributed by atoms with van der Waals surface area (Å²) in [4.78, 5) is 23.3. The first kappa shape index (κ1) is 12.2. The third-order valence-electron chi connectivity index (χ3n) is 2.90. The summed E-state index contributed by atoms with van der Waals surface area (Å²) in [5, 5.41) is 0. The maximum atomic E-state index is 11.6. The van der Waals surface area contributed by atoms with Gasteiger partial charge in [-0.2, -0.15) is 0 Å². The summed E-state index contributed by atoms with van der Waals surface area (Å²) in [6.07, 6.45) is 0. The Morgan fingerprint density at radius 1 is 0.667 bits per heavy atom. The van der Waals surface area contributed by atoms with Crippen molar-refractivity contribution in [3.05, 3.63) is 59.7 Å². The van der Waals surface area contributed by atoms with Gasteiger partial charge in [-0.25, -0.2) is 0 Å². The molecule has 0 spiro atoms. The van der Waals surface area contributed by atoms with Gasteiger partial charge in [-0.15, -0.1) is 0 Å². The highest BCUT2D eigenvalue weighted by Gasteiger charge is 2.13. The molecule has 2 rings (SSSR count). The number of rotatable bonds is 3. The van der Waals surface area contributed by atoms with Gasteiger partial charge in [0, 0.05) is 11.1 Å². The summed E-state index contributed by atoms with van der Waals surface area (Å²) < 4.78 is 0. The van der Waals surface area contributed by atoms with Crippen LogP contribution in [0.1, 0.15) is 34.6 Å². The first-order valence-corrected chi connectivity index (χ1v) is 5.81. The van der Waals surface area contributed by atoms with Crippen molar-refractivity contribution >= 4 is 11.6 Å². The maximum Gasteiger partial charge on any atom is 0.160 e. The second-order valence-corrected chi connectivity index (χ2v) is 4.20. The number of Topliss-reactive ketones (excluding diaryl/α,β-unsaturated/α-hetero) is 2. The van der Waals surface area contributed by atoms with E-state index in [-0.39, 0.29) is 11.6 Å². The van der Waals surface area contributed by atoms with Crippen LogP contribution in [0.3, 0.4) is 0 Å². The van der Waals surface area contributed by atoms with E-state index in [9.17, 15) is 9.59 Å². The Balaban J connectivity index is 2.70. The minimum absolute atomic E-state index is 0.00366. The molecule has 2 heteroatoms. The normalized spacial score (nSPS) is 10.1. The lowest BCUT2D eigenvalue weighted by Gasteiger charge is -2.10. The highest BCUT2D eigenvalue weighted by atomic mass is 16.1. The number of hydrogen-bond donors (Lipinski definition) is 0. The molecule has 0 N–H and O–H groups in total. The Kier molecular flexibility index (Phi) is 3.38. The lowest BCUT2D eigenvalue weighted by atomic mass is 9.92. The monoisotopic (exact) mass is 238 g/mol. The second kappa shape index (κ2) is 4.96. The largest absolute Gasteiger partial charge is 0.294 e. The van der Waals surface area contributed by atoms with Gasteiger partial charge >= 0.3 is 0 Å². The standard InChI is InChI=1S/C16H14O2/c1-11(17)13-7-3-5-9-15(13)16-10-6-4-8-14(16)12(2)18/h3-10H,1-2H3. The second-order valence-electron chi connectivity index (χ2n) is 4.20. The topological polar surface area (TPSA) is 34.1 Å². The molecule has 0 aromatic heterocycles. The zero-order valence-electron chi connectivity index (χ0n) is 10.4. The van der Waals surface area contributed by atoms with E-state index in [0.29, 0.717) is 11.1 Å². The molecule has 0 atom stereocenters. The number of hydrogen-bond acceptors (Lipinski definition) is 2. The van der Waals surface area contributed by atoms with E-state index in [1.165, 1.54) is 13.8 Å². The van der Waals surface area contributed by atoms with Crippen molar-refractivity contribution in [3.8, 4) is 11.1 Å². The lowest BCUT2D eigenvalue weighted by molar-refractivity contribution is 0.100. The first-order chi connectivity index (χ1) is 8.61.